The highest BCUT2D eigenvalue weighted by molar-refractivity contribution is 5.60. The second kappa shape index (κ2) is 5.81. The molecule has 6 nitrogen and oxygen atoms in total. The van der Waals surface area contributed by atoms with Crippen LogP contribution in [0.1, 0.15) is 6.42 Å². The molecule has 6 heteroatoms. The minimum absolute atomic E-state index is 0.237. The second-order valence-corrected chi connectivity index (χ2v) is 5.69. The van der Waals surface area contributed by atoms with Crippen molar-refractivity contribution >= 4 is 5.82 Å². The molecular weight excluding hydrogens is 290 g/mol. The van der Waals surface area contributed by atoms with Crippen molar-refractivity contribution < 1.29 is 4.52 Å². The lowest BCUT2D eigenvalue weighted by molar-refractivity contribution is 0.432. The number of nitrogens with zero attached hydrogens (tertiary/aromatic N) is 4. The Bertz CT molecular complexity index is 784. The van der Waals surface area contributed by atoms with Gasteiger partial charge in [-0.15, -0.1) is 0 Å². The summed E-state index contributed by atoms with van der Waals surface area (Å²) in [7, 11) is 0. The fourth-order valence-electron chi connectivity index (χ4n) is 2.74. The maximum Gasteiger partial charge on any atom is 0.259 e. The zero-order valence-corrected chi connectivity index (χ0v) is 12.6. The highest BCUT2D eigenvalue weighted by Crippen LogP contribution is 2.24. The normalized spacial score (nSPS) is 17.6. The molecule has 1 saturated heterocycles. The average molecular weight is 307 g/mol. The van der Waals surface area contributed by atoms with Gasteiger partial charge < -0.3 is 15.2 Å². The summed E-state index contributed by atoms with van der Waals surface area (Å²) in [5.74, 6) is 1.99. The molecule has 23 heavy (non-hydrogen) atoms. The molecule has 116 valence electrons. The molecule has 0 aliphatic carbocycles. The summed E-state index contributed by atoms with van der Waals surface area (Å²) in [4.78, 5) is 11.1. The fraction of sp³-hybridized carbons (Fsp3) is 0.235. The first-order valence-corrected chi connectivity index (χ1v) is 7.66. The Morgan fingerprint density at radius 3 is 2.65 bits per heavy atom. The van der Waals surface area contributed by atoms with E-state index >= 15 is 0 Å². The van der Waals surface area contributed by atoms with E-state index in [0.717, 1.165) is 36.5 Å². The Morgan fingerprint density at radius 2 is 1.96 bits per heavy atom. The zero-order chi connectivity index (χ0) is 15.6. The molecule has 3 heterocycles. The number of aromatic nitrogens is 3. The number of hydrogen-bond acceptors (Lipinski definition) is 6. The van der Waals surface area contributed by atoms with E-state index in [-0.39, 0.29) is 6.04 Å². The first-order chi connectivity index (χ1) is 11.3. The van der Waals surface area contributed by atoms with Gasteiger partial charge >= 0.3 is 0 Å². The molecule has 2 N–H and O–H groups in total. The topological polar surface area (TPSA) is 81.1 Å². The van der Waals surface area contributed by atoms with Crippen LogP contribution in [0, 0.1) is 0 Å². The third kappa shape index (κ3) is 2.80. The Morgan fingerprint density at radius 1 is 1.09 bits per heavy atom. The summed E-state index contributed by atoms with van der Waals surface area (Å²) in [6.45, 7) is 1.80. The second-order valence-electron chi connectivity index (χ2n) is 5.69. The molecule has 4 rings (SSSR count). The minimum Gasteiger partial charge on any atom is -0.355 e. The largest absolute Gasteiger partial charge is 0.355 e. The van der Waals surface area contributed by atoms with E-state index < -0.39 is 0 Å². The van der Waals surface area contributed by atoms with E-state index in [1.807, 2.05) is 42.5 Å². The summed E-state index contributed by atoms with van der Waals surface area (Å²) in [6.07, 6.45) is 2.77. The van der Waals surface area contributed by atoms with Crippen molar-refractivity contribution in [1.29, 1.82) is 0 Å². The van der Waals surface area contributed by atoms with Crippen LogP contribution < -0.4 is 10.6 Å². The SMILES string of the molecule is NC1CCN(c2ccc(-c3nc(-c4ccccc4)no3)cn2)C1. The van der Waals surface area contributed by atoms with Crippen LogP contribution in [0.5, 0.6) is 0 Å². The first-order valence-electron chi connectivity index (χ1n) is 7.66. The van der Waals surface area contributed by atoms with Gasteiger partial charge in [-0.3, -0.25) is 0 Å². The molecule has 1 aliphatic rings. The van der Waals surface area contributed by atoms with Gasteiger partial charge in [-0.25, -0.2) is 4.98 Å². The van der Waals surface area contributed by atoms with Crippen molar-refractivity contribution in [2.75, 3.05) is 18.0 Å². The maximum absolute atomic E-state index is 5.94. The Kier molecular flexibility index (Phi) is 3.51. The van der Waals surface area contributed by atoms with Crippen LogP contribution in [0.2, 0.25) is 0 Å². The summed E-state index contributed by atoms with van der Waals surface area (Å²) in [6, 6.07) is 13.9. The number of pyridine rings is 1. The summed E-state index contributed by atoms with van der Waals surface area (Å²) < 4.78 is 5.35. The predicted molar refractivity (Wildman–Crippen MR) is 87.8 cm³/mol. The lowest BCUT2D eigenvalue weighted by Gasteiger charge is -2.16. The van der Waals surface area contributed by atoms with Crippen molar-refractivity contribution in [3.8, 4) is 22.8 Å². The van der Waals surface area contributed by atoms with E-state index in [0.29, 0.717) is 11.7 Å². The molecular formula is C17H17N5O. The molecule has 0 amide bonds. The van der Waals surface area contributed by atoms with Gasteiger partial charge in [0.1, 0.15) is 5.82 Å². The van der Waals surface area contributed by atoms with Gasteiger partial charge in [0.15, 0.2) is 0 Å². The molecule has 1 aromatic carbocycles. The Hall–Kier alpha value is -2.73. The van der Waals surface area contributed by atoms with Crippen LogP contribution in [0.25, 0.3) is 22.8 Å². The summed E-state index contributed by atoms with van der Waals surface area (Å²) >= 11 is 0. The van der Waals surface area contributed by atoms with Gasteiger partial charge in [-0.1, -0.05) is 35.5 Å². The van der Waals surface area contributed by atoms with Crippen LogP contribution in [0.15, 0.2) is 53.2 Å². The van der Waals surface area contributed by atoms with E-state index in [1.54, 1.807) is 6.20 Å². The van der Waals surface area contributed by atoms with E-state index in [9.17, 15) is 0 Å². The highest BCUT2D eigenvalue weighted by Gasteiger charge is 2.20. The van der Waals surface area contributed by atoms with Crippen LogP contribution >= 0.6 is 0 Å². The molecule has 1 unspecified atom stereocenters. The molecule has 1 aliphatic heterocycles. The standard InChI is InChI=1S/C17H17N5O/c18-14-8-9-22(11-14)15-7-6-13(10-19-15)17-20-16(21-23-17)12-4-2-1-3-5-12/h1-7,10,14H,8-9,11,18H2. The smallest absolute Gasteiger partial charge is 0.259 e. The Labute approximate surface area is 134 Å². The molecule has 0 radical (unpaired) electrons. The molecule has 0 saturated carbocycles. The highest BCUT2D eigenvalue weighted by atomic mass is 16.5. The van der Waals surface area contributed by atoms with Crippen molar-refractivity contribution in [1.82, 2.24) is 15.1 Å². The van der Waals surface area contributed by atoms with Gasteiger partial charge in [0.05, 0.1) is 5.56 Å². The van der Waals surface area contributed by atoms with E-state index in [2.05, 4.69) is 20.0 Å². The van der Waals surface area contributed by atoms with Gasteiger partial charge in [0, 0.05) is 30.9 Å². The minimum atomic E-state index is 0.237. The lowest BCUT2D eigenvalue weighted by Crippen LogP contribution is -2.26. The number of nitrogens with two attached hydrogens (primary N) is 1. The molecule has 1 atom stereocenters. The third-order valence-electron chi connectivity index (χ3n) is 4.00. The number of rotatable bonds is 3. The van der Waals surface area contributed by atoms with Crippen LogP contribution in [0.4, 0.5) is 5.82 Å². The zero-order valence-electron chi connectivity index (χ0n) is 12.6. The molecule has 0 spiro atoms. The van der Waals surface area contributed by atoms with Crippen molar-refractivity contribution in [3.63, 3.8) is 0 Å². The molecule has 3 aromatic rings. The summed E-state index contributed by atoms with van der Waals surface area (Å²) in [5, 5.41) is 4.03. The fourth-order valence-corrected chi connectivity index (χ4v) is 2.74. The van der Waals surface area contributed by atoms with Crippen LogP contribution in [-0.4, -0.2) is 34.3 Å². The molecule has 0 bridgehead atoms. The lowest BCUT2D eigenvalue weighted by atomic mass is 10.2. The Balaban J connectivity index is 1.56. The van der Waals surface area contributed by atoms with Crippen molar-refractivity contribution in [2.45, 2.75) is 12.5 Å². The maximum atomic E-state index is 5.94. The van der Waals surface area contributed by atoms with E-state index in [4.69, 9.17) is 10.3 Å². The number of anilines is 1. The average Bonchev–Trinajstić information content (AvgIpc) is 3.25. The van der Waals surface area contributed by atoms with Crippen molar-refractivity contribution in [3.05, 3.63) is 48.7 Å². The molecule has 2 aromatic heterocycles. The van der Waals surface area contributed by atoms with Crippen molar-refractivity contribution in [2.24, 2.45) is 5.73 Å². The van der Waals surface area contributed by atoms with E-state index in [1.165, 1.54) is 0 Å². The number of benzene rings is 1. The third-order valence-corrected chi connectivity index (χ3v) is 4.00. The van der Waals surface area contributed by atoms with Gasteiger partial charge in [0.2, 0.25) is 5.82 Å². The monoisotopic (exact) mass is 307 g/mol. The predicted octanol–water partition coefficient (Wildman–Crippen LogP) is 2.34. The van der Waals surface area contributed by atoms with Gasteiger partial charge in [-0.05, 0) is 18.6 Å². The quantitative estimate of drug-likeness (QED) is 0.800. The molecule has 1 fully saturated rings. The van der Waals surface area contributed by atoms with Gasteiger partial charge in [0.25, 0.3) is 5.89 Å². The van der Waals surface area contributed by atoms with Crippen LogP contribution in [-0.2, 0) is 0 Å². The number of hydrogen-bond donors (Lipinski definition) is 1. The van der Waals surface area contributed by atoms with Crippen LogP contribution in [0.3, 0.4) is 0 Å². The first kappa shape index (κ1) is 13.9. The van der Waals surface area contributed by atoms with Gasteiger partial charge in [-0.2, -0.15) is 4.98 Å². The summed E-state index contributed by atoms with van der Waals surface area (Å²) in [5.41, 5.74) is 7.68.